The summed E-state index contributed by atoms with van der Waals surface area (Å²) in [5.74, 6) is 0.223. The highest BCUT2D eigenvalue weighted by Crippen LogP contribution is 2.24. The zero-order valence-corrected chi connectivity index (χ0v) is 18.0. The second-order valence-corrected chi connectivity index (χ2v) is 7.81. The molecule has 5 rings (SSSR count). The van der Waals surface area contributed by atoms with E-state index < -0.39 is 6.10 Å². The molecule has 3 heterocycles. The summed E-state index contributed by atoms with van der Waals surface area (Å²) < 4.78 is 3.86. The van der Waals surface area contributed by atoms with Gasteiger partial charge >= 0.3 is 0 Å². The molecule has 4 aromatic rings. The van der Waals surface area contributed by atoms with E-state index in [4.69, 9.17) is 4.84 Å². The quantitative estimate of drug-likeness (QED) is 0.507. The molecule has 8 heteroatoms. The van der Waals surface area contributed by atoms with Crippen LogP contribution < -0.4 is 5.32 Å². The van der Waals surface area contributed by atoms with Crippen LogP contribution >= 0.6 is 0 Å². The van der Waals surface area contributed by atoms with Crippen LogP contribution in [-0.4, -0.2) is 37.1 Å². The van der Waals surface area contributed by atoms with Crippen LogP contribution in [0.1, 0.15) is 30.2 Å². The van der Waals surface area contributed by atoms with Gasteiger partial charge in [-0.25, -0.2) is 4.98 Å². The fourth-order valence-corrected chi connectivity index (χ4v) is 3.93. The predicted molar refractivity (Wildman–Crippen MR) is 123 cm³/mol. The highest BCUT2D eigenvalue weighted by atomic mass is 16.6. The topological polar surface area (TPSA) is 86.3 Å². The van der Waals surface area contributed by atoms with Crippen molar-refractivity contribution in [1.29, 1.82) is 0 Å². The minimum Gasteiger partial charge on any atom is -0.382 e. The van der Waals surface area contributed by atoms with E-state index in [2.05, 4.69) is 32.7 Å². The van der Waals surface area contributed by atoms with Gasteiger partial charge in [0.2, 0.25) is 12.1 Å². The predicted octanol–water partition coefficient (Wildman–Crippen LogP) is 3.74. The molecule has 0 saturated carbocycles. The van der Waals surface area contributed by atoms with E-state index in [0.29, 0.717) is 18.9 Å². The molecule has 0 fully saturated rings. The Bertz CT molecular complexity index is 1300. The van der Waals surface area contributed by atoms with Crippen molar-refractivity contribution < 1.29 is 9.63 Å². The summed E-state index contributed by atoms with van der Waals surface area (Å²) >= 11 is 0. The van der Waals surface area contributed by atoms with Gasteiger partial charge in [-0.3, -0.25) is 14.8 Å². The first kappa shape index (κ1) is 20.0. The molecular weight excluding hydrogens is 404 g/mol. The van der Waals surface area contributed by atoms with Crippen LogP contribution in [0, 0.1) is 6.92 Å². The number of nitrogens with one attached hydrogen (secondary N) is 1. The van der Waals surface area contributed by atoms with Crippen molar-refractivity contribution in [3.05, 3.63) is 77.6 Å². The van der Waals surface area contributed by atoms with Crippen molar-refractivity contribution in [1.82, 2.24) is 19.3 Å². The second kappa shape index (κ2) is 8.30. The number of benzene rings is 2. The summed E-state index contributed by atoms with van der Waals surface area (Å²) in [7, 11) is 0. The number of oxime groups is 1. The number of rotatable bonds is 6. The third-order valence-corrected chi connectivity index (χ3v) is 5.62. The summed E-state index contributed by atoms with van der Waals surface area (Å²) in [6.07, 6.45) is 1.62. The van der Waals surface area contributed by atoms with Crippen LogP contribution in [0.15, 0.2) is 65.9 Å². The molecule has 0 spiro atoms. The monoisotopic (exact) mass is 428 g/mol. The maximum Gasteiger partial charge on any atom is 0.271 e. The number of aromatic nitrogens is 4. The number of para-hydroxylation sites is 2. The van der Waals surface area contributed by atoms with E-state index in [1.54, 1.807) is 0 Å². The molecular formula is C24H24N6O2. The van der Waals surface area contributed by atoms with E-state index in [-0.39, 0.29) is 5.91 Å². The van der Waals surface area contributed by atoms with Crippen molar-refractivity contribution in [2.75, 3.05) is 5.32 Å². The molecule has 8 nitrogen and oxygen atoms in total. The molecule has 2 aromatic carbocycles. The number of amides is 1. The van der Waals surface area contributed by atoms with E-state index in [1.807, 2.05) is 71.8 Å². The normalized spacial score (nSPS) is 15.6. The van der Waals surface area contributed by atoms with Crippen molar-refractivity contribution in [3.8, 4) is 0 Å². The Hall–Kier alpha value is -3.94. The highest BCUT2D eigenvalue weighted by molar-refractivity contribution is 6.06. The Balaban J connectivity index is 1.36. The maximum absolute atomic E-state index is 13.0. The zero-order chi connectivity index (χ0) is 22.1. The fourth-order valence-electron chi connectivity index (χ4n) is 3.93. The van der Waals surface area contributed by atoms with E-state index >= 15 is 0 Å². The fraction of sp³-hybridized carbons (Fsp3) is 0.250. The van der Waals surface area contributed by atoms with Gasteiger partial charge in [-0.05, 0) is 31.5 Å². The Morgan fingerprint density at radius 2 is 1.94 bits per heavy atom. The first-order chi connectivity index (χ1) is 15.6. The average molecular weight is 428 g/mol. The Morgan fingerprint density at radius 1 is 1.16 bits per heavy atom. The smallest absolute Gasteiger partial charge is 0.271 e. The number of hydrogen-bond donors (Lipinski definition) is 1. The van der Waals surface area contributed by atoms with Crippen LogP contribution in [0.4, 0.5) is 5.95 Å². The highest BCUT2D eigenvalue weighted by Gasteiger charge is 2.31. The molecule has 0 radical (unpaired) electrons. The number of carbonyl (C=O) groups excluding carboxylic acids is 1. The number of imidazole rings is 1. The van der Waals surface area contributed by atoms with Crippen molar-refractivity contribution in [2.45, 2.75) is 39.5 Å². The minimum absolute atomic E-state index is 0.270. The van der Waals surface area contributed by atoms with Crippen molar-refractivity contribution >= 4 is 28.6 Å². The standard InChI is InChI=1S/C24H24N6O2/c1-3-29-15-18(16(2)27-29)20-13-22(32-28-20)23(31)26-24-25-19-11-7-8-12-21(19)30(24)14-17-9-5-4-6-10-17/h4-12,15,22H,3,13-14H2,1-2H3,(H,25,26,31). The zero-order valence-electron chi connectivity index (χ0n) is 18.0. The summed E-state index contributed by atoms with van der Waals surface area (Å²) in [6.45, 7) is 5.33. The molecule has 1 N–H and O–H groups in total. The van der Waals surface area contributed by atoms with E-state index in [1.165, 1.54) is 0 Å². The van der Waals surface area contributed by atoms with Gasteiger partial charge in [0.15, 0.2) is 0 Å². The number of anilines is 1. The summed E-state index contributed by atoms with van der Waals surface area (Å²) in [4.78, 5) is 23.2. The van der Waals surface area contributed by atoms with Gasteiger partial charge in [0.05, 0.1) is 29.0 Å². The maximum atomic E-state index is 13.0. The molecule has 1 amide bonds. The number of fused-ring (bicyclic) bond motifs is 1. The number of hydrogen-bond acceptors (Lipinski definition) is 5. The first-order valence-electron chi connectivity index (χ1n) is 10.7. The SMILES string of the molecule is CCn1cc(C2=NOC(C(=O)Nc3nc4ccccc4n3Cc3ccccc3)C2)c(C)n1. The number of nitrogens with zero attached hydrogens (tertiary/aromatic N) is 5. The molecule has 162 valence electrons. The molecule has 0 bridgehead atoms. The molecule has 2 aromatic heterocycles. The molecule has 1 aliphatic rings. The number of aryl methyl sites for hydroxylation is 2. The molecule has 1 atom stereocenters. The summed E-state index contributed by atoms with van der Waals surface area (Å²) in [5, 5.41) is 11.6. The van der Waals surface area contributed by atoms with Gasteiger partial charge in [-0.15, -0.1) is 0 Å². The van der Waals surface area contributed by atoms with E-state index in [0.717, 1.165) is 40.1 Å². The third kappa shape index (κ3) is 3.75. The van der Waals surface area contributed by atoms with E-state index in [9.17, 15) is 4.79 Å². The van der Waals surface area contributed by atoms with Gasteiger partial charge in [0.25, 0.3) is 5.91 Å². The molecule has 1 aliphatic heterocycles. The summed E-state index contributed by atoms with van der Waals surface area (Å²) in [5.41, 5.74) is 5.43. The second-order valence-electron chi connectivity index (χ2n) is 7.81. The van der Waals surface area contributed by atoms with Gasteiger partial charge in [0, 0.05) is 24.7 Å². The summed E-state index contributed by atoms with van der Waals surface area (Å²) in [6, 6.07) is 17.9. The first-order valence-corrected chi connectivity index (χ1v) is 10.7. The van der Waals surface area contributed by atoms with Gasteiger partial charge < -0.3 is 9.40 Å². The molecule has 1 unspecified atom stereocenters. The molecule has 0 aliphatic carbocycles. The Kier molecular flexibility index (Phi) is 5.18. The molecule has 0 saturated heterocycles. The molecule has 32 heavy (non-hydrogen) atoms. The average Bonchev–Trinajstić information content (AvgIpc) is 3.52. The number of carbonyl (C=O) groups is 1. The Labute approximate surface area is 185 Å². The van der Waals surface area contributed by atoms with Crippen LogP contribution in [0.2, 0.25) is 0 Å². The lowest BCUT2D eigenvalue weighted by atomic mass is 10.1. The Morgan fingerprint density at radius 3 is 2.72 bits per heavy atom. The van der Waals surface area contributed by atoms with Crippen LogP contribution in [0.25, 0.3) is 11.0 Å². The van der Waals surface area contributed by atoms with Crippen LogP contribution in [0.5, 0.6) is 0 Å². The third-order valence-electron chi connectivity index (χ3n) is 5.62. The minimum atomic E-state index is -0.709. The van der Waals surface area contributed by atoms with Crippen molar-refractivity contribution in [2.24, 2.45) is 5.16 Å². The lowest BCUT2D eigenvalue weighted by Crippen LogP contribution is -2.29. The largest absolute Gasteiger partial charge is 0.382 e. The van der Waals surface area contributed by atoms with Gasteiger partial charge in [-0.1, -0.05) is 47.6 Å². The van der Waals surface area contributed by atoms with Crippen LogP contribution in [-0.2, 0) is 22.7 Å². The van der Waals surface area contributed by atoms with Gasteiger partial charge in [-0.2, -0.15) is 5.10 Å². The lowest BCUT2D eigenvalue weighted by molar-refractivity contribution is -0.125. The van der Waals surface area contributed by atoms with Gasteiger partial charge in [0.1, 0.15) is 0 Å². The van der Waals surface area contributed by atoms with Crippen molar-refractivity contribution in [3.63, 3.8) is 0 Å². The van der Waals surface area contributed by atoms with Crippen LogP contribution in [0.3, 0.4) is 0 Å². The lowest BCUT2D eigenvalue weighted by Gasteiger charge is -2.12.